The predicted molar refractivity (Wildman–Crippen MR) is 200 cm³/mol. The molecule has 0 aromatic heterocycles. The van der Waals surface area contributed by atoms with Crippen LogP contribution >= 0.6 is 11.6 Å². The van der Waals surface area contributed by atoms with Gasteiger partial charge in [0.2, 0.25) is 23.6 Å². The molecule has 258 valence electrons. The molecule has 2 heterocycles. The van der Waals surface area contributed by atoms with Gasteiger partial charge in [-0.15, -0.1) is 0 Å². The van der Waals surface area contributed by atoms with E-state index in [2.05, 4.69) is 0 Å². The number of phenolic OH excluding ortho intramolecular Hbond substituents is 1. The molecule has 1 saturated carbocycles. The number of benzene rings is 5. The Morgan fingerprint density at radius 3 is 2.25 bits per heavy atom. The van der Waals surface area contributed by atoms with E-state index in [9.17, 15) is 19.5 Å². The molecule has 7 nitrogen and oxygen atoms in total. The summed E-state index contributed by atoms with van der Waals surface area (Å²) in [6, 6.07) is 34.8. The van der Waals surface area contributed by atoms with Crippen LogP contribution in [0.5, 0.6) is 5.75 Å². The minimum Gasteiger partial charge on any atom is -0.507 e. The number of rotatable bonds is 5. The van der Waals surface area contributed by atoms with Crippen LogP contribution < -0.4 is 9.80 Å². The van der Waals surface area contributed by atoms with Crippen LogP contribution in [0.3, 0.4) is 0 Å². The number of carbonyl (C=O) groups is 4. The molecule has 9 rings (SSSR count). The van der Waals surface area contributed by atoms with E-state index in [0.717, 1.165) is 22.9 Å². The summed E-state index contributed by atoms with van der Waals surface area (Å²) in [6.07, 6.45) is 3.32. The summed E-state index contributed by atoms with van der Waals surface area (Å²) in [4.78, 5) is 61.8. The van der Waals surface area contributed by atoms with Crippen LogP contribution in [0.25, 0.3) is 10.8 Å². The fourth-order valence-electron chi connectivity index (χ4n) is 9.73. The summed E-state index contributed by atoms with van der Waals surface area (Å²) >= 11 is 6.43. The maximum absolute atomic E-state index is 15.5. The van der Waals surface area contributed by atoms with Crippen molar-refractivity contribution in [1.82, 2.24) is 0 Å². The molecule has 52 heavy (non-hydrogen) atoms. The van der Waals surface area contributed by atoms with E-state index in [0.29, 0.717) is 39.3 Å². The number of fused-ring (bicyclic) bond motifs is 5. The quantitative estimate of drug-likeness (QED) is 0.147. The van der Waals surface area contributed by atoms with Crippen molar-refractivity contribution in [2.45, 2.75) is 37.5 Å². The normalized spacial score (nSPS) is 26.7. The molecule has 0 spiro atoms. The van der Waals surface area contributed by atoms with Crippen molar-refractivity contribution in [2.75, 3.05) is 9.80 Å². The summed E-state index contributed by atoms with van der Waals surface area (Å²) in [7, 11) is 0. The van der Waals surface area contributed by atoms with Crippen LogP contribution in [-0.2, 0) is 31.0 Å². The zero-order valence-electron chi connectivity index (χ0n) is 28.4. The van der Waals surface area contributed by atoms with E-state index in [1.165, 1.54) is 9.80 Å². The molecule has 3 fully saturated rings. The van der Waals surface area contributed by atoms with E-state index in [4.69, 9.17) is 11.6 Å². The molecule has 0 unspecified atom stereocenters. The Hall–Kier alpha value is -5.53. The Balaban J connectivity index is 1.28. The van der Waals surface area contributed by atoms with Crippen molar-refractivity contribution < 1.29 is 24.3 Å². The number of nitrogens with zero attached hydrogens (tertiary/aromatic N) is 2. The van der Waals surface area contributed by atoms with Gasteiger partial charge in [0.1, 0.15) is 5.75 Å². The Morgan fingerprint density at radius 2 is 1.50 bits per heavy atom. The van der Waals surface area contributed by atoms with Crippen LogP contribution in [0, 0.1) is 23.7 Å². The van der Waals surface area contributed by atoms with Crippen LogP contribution in [0.15, 0.2) is 127 Å². The van der Waals surface area contributed by atoms with Gasteiger partial charge in [-0.05, 0) is 72.0 Å². The monoisotopic (exact) mass is 706 g/mol. The summed E-state index contributed by atoms with van der Waals surface area (Å²) < 4.78 is 0. The summed E-state index contributed by atoms with van der Waals surface area (Å²) in [6.45, 7) is 2.05. The highest BCUT2D eigenvalue weighted by Gasteiger charge is 2.70. The topological polar surface area (TPSA) is 95.0 Å². The lowest BCUT2D eigenvalue weighted by atomic mass is 9.49. The molecule has 4 aliphatic rings. The third kappa shape index (κ3) is 4.45. The molecule has 2 saturated heterocycles. The van der Waals surface area contributed by atoms with Gasteiger partial charge in [-0.1, -0.05) is 115 Å². The maximum Gasteiger partial charge on any atom is 0.246 e. The number of anilines is 2. The Kier molecular flexibility index (Phi) is 7.49. The average Bonchev–Trinajstić information content (AvgIpc) is 3.56. The third-order valence-corrected chi connectivity index (χ3v) is 12.2. The Labute approximate surface area is 306 Å². The number of amides is 4. The number of imide groups is 2. The van der Waals surface area contributed by atoms with E-state index in [-0.39, 0.29) is 24.0 Å². The molecule has 0 radical (unpaired) electrons. The molecular weight excluding hydrogens is 672 g/mol. The zero-order chi connectivity index (χ0) is 35.9. The van der Waals surface area contributed by atoms with Gasteiger partial charge in [0.25, 0.3) is 0 Å². The van der Waals surface area contributed by atoms with E-state index < -0.39 is 46.8 Å². The van der Waals surface area contributed by atoms with Gasteiger partial charge in [-0.3, -0.25) is 24.1 Å². The Morgan fingerprint density at radius 1 is 0.750 bits per heavy atom. The number of hydrogen-bond acceptors (Lipinski definition) is 5. The SMILES string of the molecule is CCc1ccc(N2C(=O)[C@H]3[C@H](CC=C4[C@H]3C[C@H]3C(=O)N(c5cccc(Cl)c5)C(=O)[C@@]3(c3ccccc3)[C@H]4c3ccc4ccccc4c3O)C2=O)cc1. The largest absolute Gasteiger partial charge is 0.507 e. The van der Waals surface area contributed by atoms with Crippen molar-refractivity contribution in [2.24, 2.45) is 23.7 Å². The van der Waals surface area contributed by atoms with Gasteiger partial charge < -0.3 is 5.11 Å². The van der Waals surface area contributed by atoms with E-state index in [1.54, 1.807) is 24.3 Å². The van der Waals surface area contributed by atoms with E-state index in [1.807, 2.05) is 104 Å². The number of phenols is 1. The lowest BCUT2D eigenvalue weighted by Gasteiger charge is -2.50. The first-order valence-corrected chi connectivity index (χ1v) is 18.2. The number of hydrogen-bond donors (Lipinski definition) is 1. The van der Waals surface area contributed by atoms with Gasteiger partial charge in [0.05, 0.1) is 34.5 Å². The predicted octanol–water partition coefficient (Wildman–Crippen LogP) is 8.13. The fraction of sp³-hybridized carbons (Fsp3) is 0.227. The van der Waals surface area contributed by atoms with Gasteiger partial charge in [0, 0.05) is 21.9 Å². The van der Waals surface area contributed by atoms with Crippen LogP contribution in [0.2, 0.25) is 5.02 Å². The van der Waals surface area contributed by atoms with Crippen molar-refractivity contribution in [1.29, 1.82) is 0 Å². The second-order valence-corrected chi connectivity index (χ2v) is 14.8. The molecule has 8 heteroatoms. The number of allylic oxidation sites excluding steroid dienone is 2. The highest BCUT2D eigenvalue weighted by Crippen LogP contribution is 2.65. The van der Waals surface area contributed by atoms with E-state index >= 15 is 4.79 Å². The lowest BCUT2D eigenvalue weighted by molar-refractivity contribution is -0.127. The molecule has 2 aliphatic heterocycles. The standard InChI is InChI=1S/C44H35ClN2O5/c1-2-25-15-18-29(19-16-25)46-40(49)33-22-21-32-35(37(33)42(46)51)24-36-41(50)47(30-13-8-12-28(45)23-30)43(52)44(36,27-10-4-3-5-11-27)38(32)34-20-17-26-9-6-7-14-31(26)39(34)48/h3-21,23,33,35-38,48H,2,22,24H2,1H3/t33-,35+,36-,37-,38+,44+/m0/s1. The van der Waals surface area contributed by atoms with Crippen LogP contribution in [-0.4, -0.2) is 28.7 Å². The molecule has 5 aromatic carbocycles. The lowest BCUT2D eigenvalue weighted by Crippen LogP contribution is -2.53. The number of halogens is 1. The second-order valence-electron chi connectivity index (χ2n) is 14.4. The Bertz CT molecular complexity index is 2350. The molecule has 6 atom stereocenters. The van der Waals surface area contributed by atoms with Crippen molar-refractivity contribution in [3.05, 3.63) is 149 Å². The minimum atomic E-state index is -1.48. The van der Waals surface area contributed by atoms with Gasteiger partial charge in [0.15, 0.2) is 0 Å². The molecule has 0 bridgehead atoms. The van der Waals surface area contributed by atoms with Gasteiger partial charge in [-0.2, -0.15) is 0 Å². The minimum absolute atomic E-state index is 0.0220. The van der Waals surface area contributed by atoms with Gasteiger partial charge in [-0.25, -0.2) is 4.90 Å². The molecule has 5 aromatic rings. The first-order valence-electron chi connectivity index (χ1n) is 17.8. The third-order valence-electron chi connectivity index (χ3n) is 12.0. The maximum atomic E-state index is 15.5. The number of aromatic hydroxyl groups is 1. The van der Waals surface area contributed by atoms with Crippen molar-refractivity contribution in [3.8, 4) is 5.75 Å². The second kappa shape index (κ2) is 12.0. The fourth-order valence-corrected chi connectivity index (χ4v) is 9.91. The van der Waals surface area contributed by atoms with Crippen molar-refractivity contribution in [3.63, 3.8) is 0 Å². The zero-order valence-corrected chi connectivity index (χ0v) is 29.2. The highest BCUT2D eigenvalue weighted by atomic mass is 35.5. The van der Waals surface area contributed by atoms with Gasteiger partial charge >= 0.3 is 0 Å². The number of carbonyl (C=O) groups excluding carboxylic acids is 4. The first-order chi connectivity index (χ1) is 25.2. The van der Waals surface area contributed by atoms with Crippen LogP contribution in [0.4, 0.5) is 11.4 Å². The summed E-state index contributed by atoms with van der Waals surface area (Å²) in [5.74, 6) is -4.98. The van der Waals surface area contributed by atoms with Crippen LogP contribution in [0.1, 0.15) is 42.4 Å². The summed E-state index contributed by atoms with van der Waals surface area (Å²) in [5, 5.41) is 14.0. The smallest absolute Gasteiger partial charge is 0.246 e. The molecular formula is C44H35ClN2O5. The first kappa shape index (κ1) is 32.4. The highest BCUT2D eigenvalue weighted by molar-refractivity contribution is 6.32. The number of aryl methyl sites for hydroxylation is 1. The molecule has 4 amide bonds. The molecule has 1 N–H and O–H groups in total. The molecule has 2 aliphatic carbocycles. The average molecular weight is 707 g/mol. The van der Waals surface area contributed by atoms with Crippen molar-refractivity contribution >= 4 is 57.4 Å². The summed E-state index contributed by atoms with van der Waals surface area (Å²) in [5.41, 5.74) is 2.45.